The van der Waals surface area contributed by atoms with E-state index in [1.54, 1.807) is 6.20 Å². The molecule has 20 heavy (non-hydrogen) atoms. The molecule has 0 bridgehead atoms. The van der Waals surface area contributed by atoms with Gasteiger partial charge in [-0.05, 0) is 43.5 Å². The van der Waals surface area contributed by atoms with E-state index in [4.69, 9.17) is 4.74 Å². The van der Waals surface area contributed by atoms with Gasteiger partial charge in [0.2, 0.25) is 0 Å². The first kappa shape index (κ1) is 14.5. The lowest BCUT2D eigenvalue weighted by atomic mass is 10.1. The molecule has 4 nitrogen and oxygen atoms in total. The number of nitrogens with zero attached hydrogens (tertiary/aromatic N) is 1. The fraction of sp³-hybridized carbons (Fsp3) is 0.333. The highest BCUT2D eigenvalue weighted by Gasteiger charge is 2.19. The quantitative estimate of drug-likeness (QED) is 0.916. The molecule has 5 heteroatoms. The fourth-order valence-electron chi connectivity index (χ4n) is 1.74. The minimum atomic E-state index is -0.513. The number of anilines is 1. The Labute approximate surface area is 122 Å². The van der Waals surface area contributed by atoms with Crippen molar-refractivity contribution >= 4 is 22.4 Å². The number of carbonyl (C=O) groups excluding carboxylic acids is 1. The van der Waals surface area contributed by atoms with Gasteiger partial charge in [0.15, 0.2) is 11.2 Å². The Bertz CT molecular complexity index is 582. The first-order valence-corrected chi connectivity index (χ1v) is 7.42. The van der Waals surface area contributed by atoms with Crippen molar-refractivity contribution in [2.75, 3.05) is 5.32 Å². The summed E-state index contributed by atoms with van der Waals surface area (Å²) >= 11 is 1.39. The van der Waals surface area contributed by atoms with Gasteiger partial charge in [-0.25, -0.2) is 4.98 Å². The summed E-state index contributed by atoms with van der Waals surface area (Å²) in [6, 6.07) is 5.84. The maximum absolute atomic E-state index is 12.1. The third-order valence-electron chi connectivity index (χ3n) is 3.08. The molecule has 0 fully saturated rings. The highest BCUT2D eigenvalue weighted by molar-refractivity contribution is 7.13. The molecule has 0 saturated carbocycles. The predicted molar refractivity (Wildman–Crippen MR) is 81.4 cm³/mol. The van der Waals surface area contributed by atoms with Gasteiger partial charge in [0.05, 0.1) is 0 Å². The monoisotopic (exact) mass is 290 g/mol. The Hall–Kier alpha value is -1.88. The molecule has 1 atom stereocenters. The minimum absolute atomic E-state index is 0.166. The summed E-state index contributed by atoms with van der Waals surface area (Å²) in [6.07, 6.45) is 1.75. The van der Waals surface area contributed by atoms with E-state index in [1.165, 1.54) is 16.9 Å². The van der Waals surface area contributed by atoms with E-state index < -0.39 is 6.10 Å². The van der Waals surface area contributed by atoms with Gasteiger partial charge in [0.25, 0.3) is 5.91 Å². The summed E-state index contributed by atoms with van der Waals surface area (Å²) in [4.78, 5) is 16.2. The minimum Gasteiger partial charge on any atom is -0.481 e. The molecule has 1 aromatic heterocycles. The lowest BCUT2D eigenvalue weighted by Gasteiger charge is -2.17. The smallest absolute Gasteiger partial charge is 0.267 e. The first-order valence-electron chi connectivity index (χ1n) is 6.54. The van der Waals surface area contributed by atoms with Crippen LogP contribution in [0.1, 0.15) is 24.5 Å². The van der Waals surface area contributed by atoms with Crippen LogP contribution in [-0.2, 0) is 4.79 Å². The molecular weight excluding hydrogens is 272 g/mol. The van der Waals surface area contributed by atoms with Crippen LogP contribution in [-0.4, -0.2) is 17.0 Å². The summed E-state index contributed by atoms with van der Waals surface area (Å²) in [7, 11) is 0. The summed E-state index contributed by atoms with van der Waals surface area (Å²) < 4.78 is 5.77. The molecule has 0 aliphatic carbocycles. The van der Waals surface area contributed by atoms with E-state index in [-0.39, 0.29) is 5.91 Å². The van der Waals surface area contributed by atoms with E-state index >= 15 is 0 Å². The summed E-state index contributed by atoms with van der Waals surface area (Å²) in [5.41, 5.74) is 2.36. The SMILES string of the molecule is CC[C@H](Oc1ccc(C)c(C)c1)C(=O)Nc1nccs1. The standard InChI is InChI=1S/C15H18N2O2S/c1-4-13(14(18)17-15-16-7-8-20-15)19-12-6-5-10(2)11(3)9-12/h5-9,13H,4H2,1-3H3,(H,16,17,18)/t13-/m0/s1. The van der Waals surface area contributed by atoms with Crippen LogP contribution in [0, 0.1) is 13.8 Å². The zero-order valence-corrected chi connectivity index (χ0v) is 12.7. The summed E-state index contributed by atoms with van der Waals surface area (Å²) in [5.74, 6) is 0.551. The second kappa shape index (κ2) is 6.52. The Morgan fingerprint density at radius 1 is 1.40 bits per heavy atom. The number of aryl methyl sites for hydroxylation is 2. The maximum Gasteiger partial charge on any atom is 0.267 e. The first-order chi connectivity index (χ1) is 9.60. The second-order valence-corrected chi connectivity index (χ2v) is 5.48. The molecule has 106 valence electrons. The van der Waals surface area contributed by atoms with Gasteiger partial charge >= 0.3 is 0 Å². The molecule has 2 aromatic rings. The molecule has 0 saturated heterocycles. The summed E-state index contributed by atoms with van der Waals surface area (Å²) in [6.45, 7) is 6.00. The Morgan fingerprint density at radius 3 is 2.80 bits per heavy atom. The lowest BCUT2D eigenvalue weighted by Crippen LogP contribution is -2.32. The molecule has 0 aliphatic heterocycles. The largest absolute Gasteiger partial charge is 0.481 e. The highest BCUT2D eigenvalue weighted by atomic mass is 32.1. The van der Waals surface area contributed by atoms with Crippen molar-refractivity contribution in [1.29, 1.82) is 0 Å². The number of thiazole rings is 1. The molecule has 0 unspecified atom stereocenters. The van der Waals surface area contributed by atoms with Gasteiger partial charge in [-0.2, -0.15) is 0 Å². The number of nitrogens with one attached hydrogen (secondary N) is 1. The van der Waals surface area contributed by atoms with Crippen LogP contribution >= 0.6 is 11.3 Å². The van der Waals surface area contributed by atoms with E-state index in [9.17, 15) is 4.79 Å². The molecule has 0 aliphatic rings. The predicted octanol–water partition coefficient (Wildman–Crippen LogP) is 3.56. The van der Waals surface area contributed by atoms with Gasteiger partial charge in [0.1, 0.15) is 5.75 Å². The zero-order chi connectivity index (χ0) is 14.5. The van der Waals surface area contributed by atoms with Crippen molar-refractivity contribution in [3.63, 3.8) is 0 Å². The van der Waals surface area contributed by atoms with Crippen LogP contribution < -0.4 is 10.1 Å². The van der Waals surface area contributed by atoms with E-state index in [0.29, 0.717) is 17.3 Å². The van der Waals surface area contributed by atoms with Crippen LogP contribution in [0.3, 0.4) is 0 Å². The topological polar surface area (TPSA) is 51.2 Å². The van der Waals surface area contributed by atoms with Crippen molar-refractivity contribution < 1.29 is 9.53 Å². The summed E-state index contributed by atoms with van der Waals surface area (Å²) in [5, 5.41) is 5.18. The van der Waals surface area contributed by atoms with Gasteiger partial charge < -0.3 is 4.74 Å². The Kier molecular flexibility index (Phi) is 4.74. The van der Waals surface area contributed by atoms with E-state index in [2.05, 4.69) is 10.3 Å². The van der Waals surface area contributed by atoms with E-state index in [0.717, 1.165) is 5.56 Å². The van der Waals surface area contributed by atoms with Gasteiger partial charge in [-0.3, -0.25) is 10.1 Å². The van der Waals surface area contributed by atoms with Crippen LogP contribution in [0.2, 0.25) is 0 Å². The number of benzene rings is 1. The average molecular weight is 290 g/mol. The Balaban J connectivity index is 2.04. The van der Waals surface area contributed by atoms with Crippen LogP contribution in [0.15, 0.2) is 29.8 Å². The molecule has 2 rings (SSSR count). The number of ether oxygens (including phenoxy) is 1. The lowest BCUT2D eigenvalue weighted by molar-refractivity contribution is -0.122. The number of rotatable bonds is 5. The zero-order valence-electron chi connectivity index (χ0n) is 11.8. The molecule has 1 heterocycles. The van der Waals surface area contributed by atoms with Gasteiger partial charge in [-0.1, -0.05) is 13.0 Å². The maximum atomic E-state index is 12.1. The molecular formula is C15H18N2O2S. The molecule has 1 aromatic carbocycles. The molecule has 1 N–H and O–H groups in total. The van der Waals surface area contributed by atoms with E-state index in [1.807, 2.05) is 44.4 Å². The third-order valence-corrected chi connectivity index (χ3v) is 3.77. The third kappa shape index (κ3) is 3.57. The number of aromatic nitrogens is 1. The van der Waals surface area contributed by atoms with Gasteiger partial charge in [0, 0.05) is 11.6 Å². The highest BCUT2D eigenvalue weighted by Crippen LogP contribution is 2.19. The number of hydrogen-bond donors (Lipinski definition) is 1. The molecule has 0 spiro atoms. The van der Waals surface area contributed by atoms with Crippen LogP contribution in [0.5, 0.6) is 5.75 Å². The number of hydrogen-bond acceptors (Lipinski definition) is 4. The normalized spacial score (nSPS) is 11.9. The second-order valence-electron chi connectivity index (χ2n) is 4.59. The average Bonchev–Trinajstić information content (AvgIpc) is 2.92. The van der Waals surface area contributed by atoms with Crippen molar-refractivity contribution in [3.8, 4) is 5.75 Å². The van der Waals surface area contributed by atoms with Crippen molar-refractivity contribution in [2.45, 2.75) is 33.3 Å². The van der Waals surface area contributed by atoms with Gasteiger partial charge in [-0.15, -0.1) is 11.3 Å². The molecule has 1 amide bonds. The van der Waals surface area contributed by atoms with Crippen molar-refractivity contribution in [1.82, 2.24) is 4.98 Å². The van der Waals surface area contributed by atoms with Crippen molar-refractivity contribution in [2.24, 2.45) is 0 Å². The Morgan fingerprint density at radius 2 is 2.20 bits per heavy atom. The fourth-order valence-corrected chi connectivity index (χ4v) is 2.28. The molecule has 0 radical (unpaired) electrons. The van der Waals surface area contributed by atoms with Crippen molar-refractivity contribution in [3.05, 3.63) is 40.9 Å². The number of carbonyl (C=O) groups is 1. The van der Waals surface area contributed by atoms with Crippen LogP contribution in [0.4, 0.5) is 5.13 Å². The number of amides is 1. The van der Waals surface area contributed by atoms with Crippen LogP contribution in [0.25, 0.3) is 0 Å².